The Balaban J connectivity index is 1.84. The molecule has 30 heavy (non-hydrogen) atoms. The lowest BCUT2D eigenvalue weighted by Gasteiger charge is -2.19. The number of carbonyl (C=O) groups excluding carboxylic acids is 3. The molecule has 8 heteroatoms. The molecule has 1 unspecified atom stereocenters. The summed E-state index contributed by atoms with van der Waals surface area (Å²) in [6, 6.07) is 8.95. The number of carbonyl (C=O) groups is 3. The molecule has 2 amide bonds. The molecular formula is C22H30N4O4. The van der Waals surface area contributed by atoms with Crippen molar-refractivity contribution in [2.45, 2.75) is 59.1 Å². The first-order valence-electron chi connectivity index (χ1n) is 9.91. The molecule has 2 N–H and O–H groups in total. The molecular weight excluding hydrogens is 384 g/mol. The Kier molecular flexibility index (Phi) is 7.37. The molecule has 0 fully saturated rings. The van der Waals surface area contributed by atoms with Crippen molar-refractivity contribution in [1.29, 1.82) is 0 Å². The van der Waals surface area contributed by atoms with E-state index < -0.39 is 18.0 Å². The minimum absolute atomic E-state index is 0.0115. The zero-order valence-electron chi connectivity index (χ0n) is 18.4. The molecule has 8 nitrogen and oxygen atoms in total. The summed E-state index contributed by atoms with van der Waals surface area (Å²) in [4.78, 5) is 36.5. The van der Waals surface area contributed by atoms with Gasteiger partial charge < -0.3 is 15.4 Å². The van der Waals surface area contributed by atoms with Gasteiger partial charge in [0.15, 0.2) is 6.10 Å². The summed E-state index contributed by atoms with van der Waals surface area (Å²) < 4.78 is 6.77. The molecule has 0 saturated carbocycles. The molecule has 162 valence electrons. The average molecular weight is 415 g/mol. The summed E-state index contributed by atoms with van der Waals surface area (Å²) in [6.45, 7) is 11.3. The van der Waals surface area contributed by atoms with Gasteiger partial charge in [-0.3, -0.25) is 14.4 Å². The molecule has 1 atom stereocenters. The number of esters is 1. The van der Waals surface area contributed by atoms with Crippen LogP contribution in [-0.4, -0.2) is 40.2 Å². The van der Waals surface area contributed by atoms with Crippen LogP contribution in [0.25, 0.3) is 0 Å². The van der Waals surface area contributed by atoms with Crippen LogP contribution in [0.4, 0.5) is 5.82 Å². The Morgan fingerprint density at radius 3 is 2.27 bits per heavy atom. The molecule has 0 aliphatic heterocycles. The van der Waals surface area contributed by atoms with Crippen molar-refractivity contribution in [2.24, 2.45) is 0 Å². The van der Waals surface area contributed by atoms with E-state index in [1.165, 1.54) is 6.92 Å². The van der Waals surface area contributed by atoms with Gasteiger partial charge in [-0.2, -0.15) is 5.10 Å². The van der Waals surface area contributed by atoms with Crippen LogP contribution in [0.15, 0.2) is 36.5 Å². The van der Waals surface area contributed by atoms with Gasteiger partial charge in [0.25, 0.3) is 11.8 Å². The zero-order chi connectivity index (χ0) is 22.5. The van der Waals surface area contributed by atoms with Crippen molar-refractivity contribution in [3.63, 3.8) is 0 Å². The topological polar surface area (TPSA) is 102 Å². The highest BCUT2D eigenvalue weighted by atomic mass is 16.5. The van der Waals surface area contributed by atoms with E-state index in [-0.39, 0.29) is 23.9 Å². The quantitative estimate of drug-likeness (QED) is 0.678. The molecule has 1 aromatic heterocycles. The monoisotopic (exact) mass is 414 g/mol. The maximum absolute atomic E-state index is 12.3. The van der Waals surface area contributed by atoms with E-state index in [0.29, 0.717) is 11.4 Å². The first kappa shape index (κ1) is 23.1. The number of hydrogen-bond donors (Lipinski definition) is 2. The number of amides is 2. The Bertz CT molecular complexity index is 895. The Labute approximate surface area is 177 Å². The average Bonchev–Trinajstić information content (AvgIpc) is 3.13. The van der Waals surface area contributed by atoms with Gasteiger partial charge in [0.1, 0.15) is 12.4 Å². The van der Waals surface area contributed by atoms with Crippen LogP contribution in [0.1, 0.15) is 63.5 Å². The molecule has 2 rings (SSSR count). The minimum Gasteiger partial charge on any atom is -0.451 e. The van der Waals surface area contributed by atoms with E-state index in [0.717, 1.165) is 5.56 Å². The van der Waals surface area contributed by atoms with E-state index in [9.17, 15) is 14.4 Å². The van der Waals surface area contributed by atoms with Gasteiger partial charge in [0.05, 0.1) is 6.20 Å². The van der Waals surface area contributed by atoms with E-state index in [1.54, 1.807) is 29.1 Å². The lowest BCUT2D eigenvalue weighted by Crippen LogP contribution is -2.36. The number of rotatable bonds is 7. The molecule has 1 aromatic carbocycles. The molecule has 0 aliphatic carbocycles. The number of hydrogen-bond acceptors (Lipinski definition) is 5. The Hall–Kier alpha value is -3.16. The summed E-state index contributed by atoms with van der Waals surface area (Å²) in [5.74, 6) is -1.04. The first-order valence-corrected chi connectivity index (χ1v) is 9.91. The number of nitrogens with zero attached hydrogens (tertiary/aromatic N) is 2. The predicted octanol–water partition coefficient (Wildman–Crippen LogP) is 3.06. The summed E-state index contributed by atoms with van der Waals surface area (Å²) in [5, 5.41) is 9.33. The lowest BCUT2D eigenvalue weighted by atomic mass is 9.87. The standard InChI is InChI=1S/C22H30N4O4/c1-14(2)26-18(11-12-24-26)25-20(28)15(3)30-19(27)13-23-21(29)16-7-9-17(10-8-16)22(4,5)6/h7-12,14-15H,13H2,1-6H3,(H,23,29)(H,25,28). The van der Waals surface area contributed by atoms with E-state index in [1.807, 2.05) is 26.0 Å². The fraction of sp³-hybridized carbons (Fsp3) is 0.455. The van der Waals surface area contributed by atoms with Gasteiger partial charge in [-0.15, -0.1) is 0 Å². The predicted molar refractivity (Wildman–Crippen MR) is 114 cm³/mol. The summed E-state index contributed by atoms with van der Waals surface area (Å²) in [6.07, 6.45) is 0.562. The Morgan fingerprint density at radius 1 is 1.07 bits per heavy atom. The lowest BCUT2D eigenvalue weighted by molar-refractivity contribution is -0.152. The molecule has 0 spiro atoms. The number of ether oxygens (including phenoxy) is 1. The fourth-order valence-corrected chi connectivity index (χ4v) is 2.72. The van der Waals surface area contributed by atoms with Gasteiger partial charge in [0, 0.05) is 17.7 Å². The maximum atomic E-state index is 12.3. The number of nitrogens with one attached hydrogen (secondary N) is 2. The van der Waals surface area contributed by atoms with E-state index >= 15 is 0 Å². The maximum Gasteiger partial charge on any atom is 0.326 e. The smallest absolute Gasteiger partial charge is 0.326 e. The second kappa shape index (κ2) is 9.56. The van der Waals surface area contributed by atoms with Crippen molar-refractivity contribution in [3.8, 4) is 0 Å². The van der Waals surface area contributed by atoms with Crippen LogP contribution in [0.5, 0.6) is 0 Å². The van der Waals surface area contributed by atoms with Crippen LogP contribution in [0, 0.1) is 0 Å². The van der Waals surface area contributed by atoms with E-state index in [4.69, 9.17) is 4.74 Å². The van der Waals surface area contributed by atoms with Crippen LogP contribution < -0.4 is 10.6 Å². The normalized spacial score (nSPS) is 12.4. The molecule has 0 saturated heterocycles. The molecule has 0 aliphatic rings. The van der Waals surface area contributed by atoms with Gasteiger partial charge in [-0.25, -0.2) is 4.68 Å². The van der Waals surface area contributed by atoms with Gasteiger partial charge in [0.2, 0.25) is 0 Å². The van der Waals surface area contributed by atoms with Crippen LogP contribution >= 0.6 is 0 Å². The van der Waals surface area contributed by atoms with Crippen LogP contribution in [0.2, 0.25) is 0 Å². The third-order valence-electron chi connectivity index (χ3n) is 4.49. The number of benzene rings is 1. The number of anilines is 1. The molecule has 0 radical (unpaired) electrons. The SMILES string of the molecule is CC(OC(=O)CNC(=O)c1ccc(C(C)(C)C)cc1)C(=O)Nc1ccnn1C(C)C. The third-order valence-corrected chi connectivity index (χ3v) is 4.49. The fourth-order valence-electron chi connectivity index (χ4n) is 2.72. The van der Waals surface area contributed by atoms with Crippen molar-refractivity contribution >= 4 is 23.6 Å². The van der Waals surface area contributed by atoms with Gasteiger partial charge in [-0.1, -0.05) is 32.9 Å². The number of aromatic nitrogens is 2. The second-order valence-corrected chi connectivity index (χ2v) is 8.39. The minimum atomic E-state index is -1.02. The second-order valence-electron chi connectivity index (χ2n) is 8.39. The van der Waals surface area contributed by atoms with Crippen LogP contribution in [0.3, 0.4) is 0 Å². The van der Waals surface area contributed by atoms with Gasteiger partial charge in [-0.05, 0) is 43.9 Å². The highest BCUT2D eigenvalue weighted by molar-refractivity contribution is 5.97. The van der Waals surface area contributed by atoms with Gasteiger partial charge >= 0.3 is 5.97 Å². The Morgan fingerprint density at radius 2 is 1.70 bits per heavy atom. The van der Waals surface area contributed by atoms with Crippen LogP contribution in [-0.2, 0) is 19.7 Å². The summed E-state index contributed by atoms with van der Waals surface area (Å²) in [5.41, 5.74) is 1.54. The highest BCUT2D eigenvalue weighted by Gasteiger charge is 2.20. The molecule has 0 bridgehead atoms. The first-order chi connectivity index (χ1) is 14.0. The van der Waals surface area contributed by atoms with E-state index in [2.05, 4.69) is 36.5 Å². The third kappa shape index (κ3) is 6.17. The summed E-state index contributed by atoms with van der Waals surface area (Å²) in [7, 11) is 0. The zero-order valence-corrected chi connectivity index (χ0v) is 18.4. The van der Waals surface area contributed by atoms with Crippen molar-refractivity contribution in [1.82, 2.24) is 15.1 Å². The largest absolute Gasteiger partial charge is 0.451 e. The van der Waals surface area contributed by atoms with Crippen molar-refractivity contribution < 1.29 is 19.1 Å². The van der Waals surface area contributed by atoms with Crippen molar-refractivity contribution in [2.75, 3.05) is 11.9 Å². The molecule has 1 heterocycles. The summed E-state index contributed by atoms with van der Waals surface area (Å²) >= 11 is 0. The van der Waals surface area contributed by atoms with Crippen molar-refractivity contribution in [3.05, 3.63) is 47.7 Å². The highest BCUT2D eigenvalue weighted by Crippen LogP contribution is 2.22. The molecule has 2 aromatic rings.